The highest BCUT2D eigenvalue weighted by Crippen LogP contribution is 1.91. The van der Waals surface area contributed by atoms with E-state index in [-0.39, 0.29) is 0 Å². The number of nitrogens with zero attached hydrogens (tertiary/aromatic N) is 1. The van der Waals surface area contributed by atoms with Gasteiger partial charge in [-0.05, 0) is 0 Å². The maximum Gasteiger partial charge on any atom is 0.276 e. The summed E-state index contributed by atoms with van der Waals surface area (Å²) in [6, 6.07) is 0. The average molecular weight is 181 g/mol. The van der Waals surface area contributed by atoms with Crippen LogP contribution in [0.1, 0.15) is 0 Å². The summed E-state index contributed by atoms with van der Waals surface area (Å²) in [7, 11) is 0.330. The van der Waals surface area contributed by atoms with E-state index in [1.165, 1.54) is 19.0 Å². The first kappa shape index (κ1) is 10.4. The first-order valence-electron chi connectivity index (χ1n) is 2.87. The van der Waals surface area contributed by atoms with Crippen LogP contribution in [-0.2, 0) is 19.1 Å². The normalized spacial score (nSPS) is 11.2. The molecule has 5 nitrogen and oxygen atoms in total. The zero-order valence-electron chi connectivity index (χ0n) is 6.70. The van der Waals surface area contributed by atoms with Crippen LogP contribution in [0.15, 0.2) is 0 Å². The van der Waals surface area contributed by atoms with E-state index < -0.39 is 21.8 Å². The van der Waals surface area contributed by atoms with Crippen LogP contribution in [0, 0.1) is 0 Å². The Bertz CT molecular complexity index is 231. The van der Waals surface area contributed by atoms with Gasteiger partial charge >= 0.3 is 0 Å². The number of hydrogen-bond acceptors (Lipinski definition) is 4. The van der Waals surface area contributed by atoms with Crippen molar-refractivity contribution in [2.45, 2.75) is 0 Å². The van der Waals surface area contributed by atoms with Crippen molar-refractivity contribution in [3.05, 3.63) is 0 Å². The molecule has 66 valence electrons. The second kappa shape index (κ2) is 3.68. The van der Waals surface area contributed by atoms with E-state index in [0.717, 1.165) is 7.11 Å². The first-order valence-corrected chi connectivity index (χ1v) is 4.45. The molecule has 0 spiro atoms. The second-order valence-corrected chi connectivity index (χ2v) is 3.89. The largest absolute Gasteiger partial charge is 0.348 e. The van der Waals surface area contributed by atoms with Crippen molar-refractivity contribution in [3.8, 4) is 0 Å². The van der Waals surface area contributed by atoms with Crippen LogP contribution in [0.5, 0.6) is 0 Å². The van der Waals surface area contributed by atoms with Gasteiger partial charge in [0.2, 0.25) is 5.91 Å². The van der Waals surface area contributed by atoms with Crippen molar-refractivity contribution in [1.29, 1.82) is 0 Å². The van der Waals surface area contributed by atoms with Crippen LogP contribution in [0.2, 0.25) is 0 Å². The molecule has 0 N–H and O–H groups in total. The molecule has 0 bridgehead atoms. The summed E-state index contributed by atoms with van der Waals surface area (Å²) < 4.78 is 25.4. The monoisotopic (exact) mass is 181 g/mol. The van der Waals surface area contributed by atoms with Gasteiger partial charge in [-0.3, -0.25) is 8.98 Å². The van der Waals surface area contributed by atoms with Crippen molar-refractivity contribution < 1.29 is 17.4 Å². The van der Waals surface area contributed by atoms with Gasteiger partial charge in [0, 0.05) is 14.1 Å². The molecule has 0 saturated carbocycles. The van der Waals surface area contributed by atoms with Gasteiger partial charge in [0.1, 0.15) is 0 Å². The minimum absolute atomic E-state index is 0.494. The van der Waals surface area contributed by atoms with E-state index >= 15 is 0 Å². The molecule has 0 aromatic carbocycles. The van der Waals surface area contributed by atoms with E-state index in [2.05, 4.69) is 4.18 Å². The van der Waals surface area contributed by atoms with Crippen molar-refractivity contribution in [2.75, 3.05) is 27.0 Å². The molecule has 0 aliphatic heterocycles. The number of rotatable bonds is 3. The first-order chi connectivity index (χ1) is 4.89. The lowest BCUT2D eigenvalue weighted by Gasteiger charge is -2.08. The molecule has 0 fully saturated rings. The van der Waals surface area contributed by atoms with Gasteiger partial charge < -0.3 is 4.90 Å². The molecule has 11 heavy (non-hydrogen) atoms. The van der Waals surface area contributed by atoms with E-state index in [1.54, 1.807) is 0 Å². The minimum Gasteiger partial charge on any atom is -0.348 e. The smallest absolute Gasteiger partial charge is 0.276 e. The topological polar surface area (TPSA) is 63.7 Å². The zero-order chi connectivity index (χ0) is 9.07. The Morgan fingerprint density at radius 2 is 1.91 bits per heavy atom. The second-order valence-electron chi connectivity index (χ2n) is 2.16. The third-order valence-corrected chi connectivity index (χ3v) is 2.16. The summed E-state index contributed by atoms with van der Waals surface area (Å²) >= 11 is 0. The SMILES string of the molecule is COS(=O)(=O)CC(=O)N(C)C. The third-order valence-electron chi connectivity index (χ3n) is 1.05. The Morgan fingerprint density at radius 3 is 2.18 bits per heavy atom. The highest BCUT2D eigenvalue weighted by Gasteiger charge is 2.16. The Labute approximate surface area is 66.1 Å². The highest BCUT2D eigenvalue weighted by molar-refractivity contribution is 7.87. The molecule has 0 atom stereocenters. The predicted octanol–water partition coefficient (Wildman–Crippen LogP) is -0.949. The molecule has 6 heteroatoms. The summed E-state index contributed by atoms with van der Waals surface area (Å²) in [4.78, 5) is 12.0. The summed E-state index contributed by atoms with van der Waals surface area (Å²) in [5, 5.41) is 0. The maximum atomic E-state index is 10.8. The van der Waals surface area contributed by atoms with E-state index in [1.807, 2.05) is 0 Å². The third kappa shape index (κ3) is 3.94. The van der Waals surface area contributed by atoms with Crippen LogP contribution in [0.25, 0.3) is 0 Å². The molecule has 0 aromatic rings. The van der Waals surface area contributed by atoms with Crippen molar-refractivity contribution >= 4 is 16.0 Å². The fourth-order valence-electron chi connectivity index (χ4n) is 0.339. The fraction of sp³-hybridized carbons (Fsp3) is 0.800. The molecule has 1 amide bonds. The quantitative estimate of drug-likeness (QED) is 0.527. The molecular formula is C5H11NO4S. The van der Waals surface area contributed by atoms with Crippen LogP contribution >= 0.6 is 0 Å². The zero-order valence-corrected chi connectivity index (χ0v) is 7.51. The van der Waals surface area contributed by atoms with E-state index in [4.69, 9.17) is 0 Å². The highest BCUT2D eigenvalue weighted by atomic mass is 32.2. The Morgan fingerprint density at radius 1 is 1.45 bits per heavy atom. The Kier molecular flexibility index (Phi) is 3.47. The van der Waals surface area contributed by atoms with Gasteiger partial charge in [-0.1, -0.05) is 0 Å². The molecule has 0 unspecified atom stereocenters. The summed E-state index contributed by atoms with van der Waals surface area (Å²) in [5.41, 5.74) is 0. The Balaban J connectivity index is 4.17. The Hall–Kier alpha value is -0.620. The summed E-state index contributed by atoms with van der Waals surface area (Å²) in [5.74, 6) is -1.09. The van der Waals surface area contributed by atoms with Gasteiger partial charge in [-0.2, -0.15) is 8.42 Å². The van der Waals surface area contributed by atoms with Gasteiger partial charge in [0.15, 0.2) is 5.75 Å². The van der Waals surface area contributed by atoms with Crippen LogP contribution in [0.3, 0.4) is 0 Å². The predicted molar refractivity (Wildman–Crippen MR) is 39.5 cm³/mol. The van der Waals surface area contributed by atoms with Crippen molar-refractivity contribution in [1.82, 2.24) is 4.90 Å². The molecular weight excluding hydrogens is 170 g/mol. The maximum absolute atomic E-state index is 10.8. The van der Waals surface area contributed by atoms with Crippen molar-refractivity contribution in [2.24, 2.45) is 0 Å². The van der Waals surface area contributed by atoms with E-state index in [0.29, 0.717) is 0 Å². The molecule has 0 heterocycles. The average Bonchev–Trinajstić information content (AvgIpc) is 1.87. The number of amides is 1. The molecule has 0 rings (SSSR count). The molecule has 0 saturated heterocycles. The lowest BCUT2D eigenvalue weighted by atomic mass is 10.6. The summed E-state index contributed by atoms with van der Waals surface area (Å²) in [6.45, 7) is 0. The lowest BCUT2D eigenvalue weighted by molar-refractivity contribution is -0.126. The van der Waals surface area contributed by atoms with E-state index in [9.17, 15) is 13.2 Å². The van der Waals surface area contributed by atoms with Crippen LogP contribution in [-0.4, -0.2) is 46.2 Å². The molecule has 0 aliphatic carbocycles. The minimum atomic E-state index is -3.65. The van der Waals surface area contributed by atoms with Crippen LogP contribution in [0.4, 0.5) is 0 Å². The van der Waals surface area contributed by atoms with Gasteiger partial charge in [0.25, 0.3) is 10.1 Å². The van der Waals surface area contributed by atoms with Crippen molar-refractivity contribution in [3.63, 3.8) is 0 Å². The summed E-state index contributed by atoms with van der Waals surface area (Å²) in [6.07, 6.45) is 0. The molecule has 0 aliphatic rings. The van der Waals surface area contributed by atoms with Gasteiger partial charge in [-0.15, -0.1) is 0 Å². The number of hydrogen-bond donors (Lipinski definition) is 0. The number of carbonyl (C=O) groups is 1. The molecule has 0 aromatic heterocycles. The molecule has 0 radical (unpaired) electrons. The van der Waals surface area contributed by atoms with Gasteiger partial charge in [-0.25, -0.2) is 0 Å². The lowest BCUT2D eigenvalue weighted by Crippen LogP contribution is -2.29. The van der Waals surface area contributed by atoms with Gasteiger partial charge in [0.05, 0.1) is 7.11 Å². The number of carbonyl (C=O) groups excluding carboxylic acids is 1. The fourth-order valence-corrected chi connectivity index (χ4v) is 1.02. The standard InChI is InChI=1S/C5H11NO4S/c1-6(2)5(7)4-11(8,9)10-3/h4H2,1-3H3. The van der Waals surface area contributed by atoms with Crippen LogP contribution < -0.4 is 0 Å².